The number of hydrogen-bond acceptors (Lipinski definition) is 5. The van der Waals surface area contributed by atoms with E-state index in [1.54, 1.807) is 30.7 Å². The summed E-state index contributed by atoms with van der Waals surface area (Å²) in [5, 5.41) is 0. The van der Waals surface area contributed by atoms with Crippen LogP contribution < -0.4 is 10.5 Å². The van der Waals surface area contributed by atoms with Crippen LogP contribution in [0.2, 0.25) is 0 Å². The fourth-order valence-corrected chi connectivity index (χ4v) is 1.81. The van der Waals surface area contributed by atoms with Crippen molar-refractivity contribution in [3.8, 4) is 22.6 Å². The van der Waals surface area contributed by atoms with Crippen LogP contribution in [0.3, 0.4) is 0 Å². The van der Waals surface area contributed by atoms with Crippen LogP contribution in [0, 0.1) is 0 Å². The molecule has 0 radical (unpaired) electrons. The van der Waals surface area contributed by atoms with Gasteiger partial charge in [0.15, 0.2) is 0 Å². The predicted octanol–water partition coefficient (Wildman–Crippen LogP) is 2.91. The minimum atomic E-state index is 0.461. The van der Waals surface area contributed by atoms with E-state index < -0.39 is 0 Å². The molecule has 0 aliphatic heterocycles. The second-order valence-corrected chi connectivity index (χ2v) is 4.13. The van der Waals surface area contributed by atoms with E-state index in [1.807, 2.05) is 24.3 Å². The van der Waals surface area contributed by atoms with Crippen LogP contribution in [0.25, 0.3) is 11.1 Å². The smallest absolute Gasteiger partial charge is 0.134 e. The summed E-state index contributed by atoms with van der Waals surface area (Å²) in [5.41, 5.74) is 7.58. The van der Waals surface area contributed by atoms with Crippen LogP contribution in [-0.2, 0) is 0 Å². The van der Waals surface area contributed by atoms with Crippen molar-refractivity contribution in [1.29, 1.82) is 0 Å². The van der Waals surface area contributed by atoms with Crippen molar-refractivity contribution < 1.29 is 4.74 Å². The molecule has 0 spiro atoms. The molecule has 5 nitrogen and oxygen atoms in total. The third-order valence-electron chi connectivity index (χ3n) is 2.79. The minimum Gasteiger partial charge on any atom is -0.457 e. The van der Waals surface area contributed by atoms with E-state index >= 15 is 0 Å². The number of hydrogen-bond donors (Lipinski definition) is 1. The quantitative estimate of drug-likeness (QED) is 0.787. The highest BCUT2D eigenvalue weighted by molar-refractivity contribution is 5.72. The van der Waals surface area contributed by atoms with E-state index in [1.165, 1.54) is 6.33 Å². The summed E-state index contributed by atoms with van der Waals surface area (Å²) in [6.45, 7) is 0. The van der Waals surface area contributed by atoms with Crippen LogP contribution >= 0.6 is 0 Å². The van der Waals surface area contributed by atoms with Crippen LogP contribution in [0.5, 0.6) is 11.5 Å². The predicted molar refractivity (Wildman–Crippen MR) is 76.2 cm³/mol. The Morgan fingerprint density at radius 3 is 2.25 bits per heavy atom. The Bertz CT molecular complexity index is 699. The number of ether oxygens (including phenoxy) is 1. The molecule has 0 saturated heterocycles. The molecule has 3 aromatic rings. The topological polar surface area (TPSA) is 73.9 Å². The zero-order valence-electron chi connectivity index (χ0n) is 10.6. The average molecular weight is 264 g/mol. The third-order valence-corrected chi connectivity index (χ3v) is 2.79. The number of aromatic nitrogens is 3. The highest BCUT2D eigenvalue weighted by Crippen LogP contribution is 2.27. The Kier molecular flexibility index (Phi) is 3.24. The zero-order valence-corrected chi connectivity index (χ0v) is 10.6. The van der Waals surface area contributed by atoms with Crippen molar-refractivity contribution in [3.05, 3.63) is 61.3 Å². The highest BCUT2D eigenvalue weighted by Gasteiger charge is 2.04. The van der Waals surface area contributed by atoms with Gasteiger partial charge in [0.25, 0.3) is 0 Å². The molecule has 0 aliphatic carbocycles. The fraction of sp³-hybridized carbons (Fsp3) is 0. The number of pyridine rings is 1. The van der Waals surface area contributed by atoms with Crippen molar-refractivity contribution in [3.63, 3.8) is 0 Å². The summed E-state index contributed by atoms with van der Waals surface area (Å²) < 4.78 is 5.70. The van der Waals surface area contributed by atoms with Gasteiger partial charge in [-0.1, -0.05) is 12.1 Å². The van der Waals surface area contributed by atoms with Gasteiger partial charge in [-0.3, -0.25) is 4.98 Å². The molecule has 2 N–H and O–H groups in total. The normalized spacial score (nSPS) is 10.2. The monoisotopic (exact) mass is 264 g/mol. The van der Waals surface area contributed by atoms with Crippen molar-refractivity contribution >= 4 is 5.82 Å². The van der Waals surface area contributed by atoms with Gasteiger partial charge in [0.1, 0.15) is 23.6 Å². The van der Waals surface area contributed by atoms with Gasteiger partial charge in [0.2, 0.25) is 0 Å². The summed E-state index contributed by atoms with van der Waals surface area (Å²) >= 11 is 0. The highest BCUT2D eigenvalue weighted by atomic mass is 16.5. The van der Waals surface area contributed by atoms with Crippen molar-refractivity contribution in [2.75, 3.05) is 5.73 Å². The van der Waals surface area contributed by atoms with E-state index in [9.17, 15) is 0 Å². The van der Waals surface area contributed by atoms with Gasteiger partial charge < -0.3 is 10.5 Å². The standard InChI is InChI=1S/C15H12N4O/c16-15-14(9-18-10-19-15)11-1-3-12(4-2-11)20-13-5-7-17-8-6-13/h1-10H,(H2,16,18,19). The van der Waals surface area contributed by atoms with E-state index in [0.29, 0.717) is 5.82 Å². The molecule has 2 heterocycles. The van der Waals surface area contributed by atoms with Gasteiger partial charge in [-0.15, -0.1) is 0 Å². The molecule has 1 aromatic carbocycles. The lowest BCUT2D eigenvalue weighted by Gasteiger charge is -2.07. The molecule has 20 heavy (non-hydrogen) atoms. The zero-order chi connectivity index (χ0) is 13.8. The molecule has 2 aromatic heterocycles. The summed E-state index contributed by atoms with van der Waals surface area (Å²) in [7, 11) is 0. The second-order valence-electron chi connectivity index (χ2n) is 4.13. The van der Waals surface area contributed by atoms with Crippen molar-refractivity contribution in [1.82, 2.24) is 15.0 Å². The SMILES string of the molecule is Nc1ncncc1-c1ccc(Oc2ccncc2)cc1. The van der Waals surface area contributed by atoms with Crippen molar-refractivity contribution in [2.45, 2.75) is 0 Å². The molecule has 5 heteroatoms. The Morgan fingerprint density at radius 1 is 0.850 bits per heavy atom. The minimum absolute atomic E-state index is 0.461. The van der Waals surface area contributed by atoms with Gasteiger partial charge in [0, 0.05) is 24.2 Å². The van der Waals surface area contributed by atoms with Gasteiger partial charge in [-0.05, 0) is 29.8 Å². The van der Waals surface area contributed by atoms with E-state index in [0.717, 1.165) is 22.6 Å². The van der Waals surface area contributed by atoms with Crippen molar-refractivity contribution in [2.24, 2.45) is 0 Å². The lowest BCUT2D eigenvalue weighted by molar-refractivity contribution is 0.482. The summed E-state index contributed by atoms with van der Waals surface area (Å²) in [6.07, 6.45) is 6.50. The van der Waals surface area contributed by atoms with Gasteiger partial charge in [-0.25, -0.2) is 9.97 Å². The first kappa shape index (κ1) is 12.1. The number of anilines is 1. The second kappa shape index (κ2) is 5.36. The summed E-state index contributed by atoms with van der Waals surface area (Å²) in [4.78, 5) is 11.9. The maximum Gasteiger partial charge on any atom is 0.134 e. The molecule has 0 atom stereocenters. The molecule has 0 saturated carbocycles. The lowest BCUT2D eigenvalue weighted by atomic mass is 10.1. The van der Waals surface area contributed by atoms with Gasteiger partial charge >= 0.3 is 0 Å². The molecule has 0 fully saturated rings. The summed E-state index contributed by atoms with van der Waals surface area (Å²) in [5.74, 6) is 1.95. The Balaban J connectivity index is 1.83. The number of nitrogens with zero attached hydrogens (tertiary/aromatic N) is 3. The Hall–Kier alpha value is -2.95. The van der Waals surface area contributed by atoms with Crippen LogP contribution in [0.1, 0.15) is 0 Å². The van der Waals surface area contributed by atoms with E-state index in [-0.39, 0.29) is 0 Å². The van der Waals surface area contributed by atoms with Crippen LogP contribution in [0.4, 0.5) is 5.82 Å². The van der Waals surface area contributed by atoms with Crippen LogP contribution in [-0.4, -0.2) is 15.0 Å². The number of rotatable bonds is 3. The maximum atomic E-state index is 5.82. The van der Waals surface area contributed by atoms with Crippen LogP contribution in [0.15, 0.2) is 61.3 Å². The fourth-order valence-electron chi connectivity index (χ4n) is 1.81. The first-order valence-corrected chi connectivity index (χ1v) is 6.07. The number of nitrogens with two attached hydrogens (primary N) is 1. The summed E-state index contributed by atoms with van der Waals surface area (Å²) in [6, 6.07) is 11.2. The lowest BCUT2D eigenvalue weighted by Crippen LogP contribution is -1.94. The molecule has 0 unspecified atom stereocenters. The largest absolute Gasteiger partial charge is 0.457 e. The Morgan fingerprint density at radius 2 is 1.55 bits per heavy atom. The molecular weight excluding hydrogens is 252 g/mol. The number of benzene rings is 1. The molecule has 0 amide bonds. The van der Waals surface area contributed by atoms with Gasteiger partial charge in [-0.2, -0.15) is 0 Å². The average Bonchev–Trinajstić information content (AvgIpc) is 2.50. The Labute approximate surface area is 116 Å². The third kappa shape index (κ3) is 2.56. The molecule has 0 bridgehead atoms. The first-order valence-electron chi connectivity index (χ1n) is 6.07. The first-order chi connectivity index (χ1) is 9.83. The molecule has 3 rings (SSSR count). The molecule has 98 valence electrons. The van der Waals surface area contributed by atoms with E-state index in [4.69, 9.17) is 10.5 Å². The maximum absolute atomic E-state index is 5.82. The van der Waals surface area contributed by atoms with Gasteiger partial charge in [0.05, 0.1) is 0 Å². The number of nitrogen functional groups attached to an aromatic ring is 1. The van der Waals surface area contributed by atoms with E-state index in [2.05, 4.69) is 15.0 Å². The molecular formula is C15H12N4O. The molecule has 0 aliphatic rings.